The summed E-state index contributed by atoms with van der Waals surface area (Å²) in [6.07, 6.45) is 2.90. The number of benzene rings is 3. The molecule has 0 saturated carbocycles. The lowest BCUT2D eigenvalue weighted by atomic mass is 9.91. The summed E-state index contributed by atoms with van der Waals surface area (Å²) < 4.78 is 0. The third-order valence-electron chi connectivity index (χ3n) is 5.57. The highest BCUT2D eigenvalue weighted by molar-refractivity contribution is 5.97. The van der Waals surface area contributed by atoms with Gasteiger partial charge in [0, 0.05) is 51.0 Å². The summed E-state index contributed by atoms with van der Waals surface area (Å²) in [4.78, 5) is 17.0. The summed E-state index contributed by atoms with van der Waals surface area (Å²) in [7, 11) is 8.18. The number of carbonyl (C=O) groups is 1. The molecule has 160 valence electrons. The van der Waals surface area contributed by atoms with Gasteiger partial charge in [0.15, 0.2) is 5.78 Å². The molecule has 3 heteroatoms. The van der Waals surface area contributed by atoms with E-state index in [1.165, 1.54) is 11.4 Å². The second kappa shape index (κ2) is 10.1. The molecular weight excluding hydrogens is 380 g/mol. The SMILES string of the molecule is C[C@@H](CC=C(c1ccc(N(C)C)cc1)c1ccc(N(C)C)cc1)C(=O)c1ccccc1. The van der Waals surface area contributed by atoms with Gasteiger partial charge in [0.2, 0.25) is 0 Å². The smallest absolute Gasteiger partial charge is 0.165 e. The fraction of sp³-hybridized carbons (Fsp3) is 0.250. The van der Waals surface area contributed by atoms with Gasteiger partial charge in [0.25, 0.3) is 0 Å². The number of rotatable bonds is 8. The minimum atomic E-state index is -0.0838. The van der Waals surface area contributed by atoms with Crippen molar-refractivity contribution in [3.05, 3.63) is 102 Å². The van der Waals surface area contributed by atoms with Crippen LogP contribution >= 0.6 is 0 Å². The van der Waals surface area contributed by atoms with E-state index in [9.17, 15) is 4.79 Å². The van der Waals surface area contributed by atoms with Gasteiger partial charge in [-0.15, -0.1) is 0 Å². The zero-order valence-corrected chi connectivity index (χ0v) is 19.2. The van der Waals surface area contributed by atoms with E-state index in [1.807, 2.05) is 65.4 Å². The van der Waals surface area contributed by atoms with Crippen molar-refractivity contribution in [2.45, 2.75) is 13.3 Å². The second-order valence-corrected chi connectivity index (χ2v) is 8.37. The quantitative estimate of drug-likeness (QED) is 0.414. The first kappa shape index (κ1) is 22.4. The molecule has 0 bridgehead atoms. The first-order valence-corrected chi connectivity index (χ1v) is 10.7. The van der Waals surface area contributed by atoms with Gasteiger partial charge in [-0.3, -0.25) is 4.79 Å². The first-order chi connectivity index (χ1) is 14.9. The Morgan fingerprint density at radius 2 is 1.16 bits per heavy atom. The topological polar surface area (TPSA) is 23.6 Å². The molecule has 0 N–H and O–H groups in total. The van der Waals surface area contributed by atoms with Crippen LogP contribution in [0.3, 0.4) is 0 Å². The molecule has 1 atom stereocenters. The van der Waals surface area contributed by atoms with Gasteiger partial charge < -0.3 is 9.80 Å². The van der Waals surface area contributed by atoms with Crippen LogP contribution in [0.5, 0.6) is 0 Å². The van der Waals surface area contributed by atoms with Crippen molar-refractivity contribution in [2.75, 3.05) is 38.0 Å². The summed E-state index contributed by atoms with van der Waals surface area (Å²) >= 11 is 0. The van der Waals surface area contributed by atoms with Gasteiger partial charge >= 0.3 is 0 Å². The molecule has 0 aliphatic heterocycles. The van der Waals surface area contributed by atoms with Gasteiger partial charge in [-0.25, -0.2) is 0 Å². The average molecular weight is 413 g/mol. The van der Waals surface area contributed by atoms with Crippen molar-refractivity contribution in [1.82, 2.24) is 0 Å². The average Bonchev–Trinajstić information content (AvgIpc) is 2.79. The zero-order valence-electron chi connectivity index (χ0n) is 19.2. The van der Waals surface area contributed by atoms with Gasteiger partial charge in [0.05, 0.1) is 0 Å². The molecule has 0 aliphatic carbocycles. The third-order valence-corrected chi connectivity index (χ3v) is 5.57. The van der Waals surface area contributed by atoms with Gasteiger partial charge in [0.1, 0.15) is 0 Å². The lowest BCUT2D eigenvalue weighted by Crippen LogP contribution is -2.10. The van der Waals surface area contributed by atoms with Crippen LogP contribution in [0, 0.1) is 5.92 Å². The summed E-state index contributed by atoms with van der Waals surface area (Å²) in [6, 6.07) is 26.7. The van der Waals surface area contributed by atoms with Gasteiger partial charge in [-0.2, -0.15) is 0 Å². The second-order valence-electron chi connectivity index (χ2n) is 8.37. The molecule has 0 fully saturated rings. The Morgan fingerprint density at radius 3 is 1.58 bits per heavy atom. The monoisotopic (exact) mass is 412 g/mol. The maximum Gasteiger partial charge on any atom is 0.165 e. The highest BCUT2D eigenvalue weighted by atomic mass is 16.1. The normalized spacial score (nSPS) is 11.5. The van der Waals surface area contributed by atoms with E-state index in [0.29, 0.717) is 6.42 Å². The number of carbonyl (C=O) groups excluding carboxylic acids is 1. The summed E-state index contributed by atoms with van der Waals surface area (Å²) in [6.45, 7) is 2.01. The van der Waals surface area contributed by atoms with Crippen molar-refractivity contribution in [3.8, 4) is 0 Å². The number of hydrogen-bond acceptors (Lipinski definition) is 3. The van der Waals surface area contributed by atoms with E-state index in [0.717, 1.165) is 22.3 Å². The Kier molecular flexibility index (Phi) is 7.30. The Balaban J connectivity index is 1.91. The number of nitrogens with zero attached hydrogens (tertiary/aromatic N) is 2. The van der Waals surface area contributed by atoms with Crippen LogP contribution in [0.2, 0.25) is 0 Å². The fourth-order valence-corrected chi connectivity index (χ4v) is 3.57. The molecule has 3 nitrogen and oxygen atoms in total. The molecule has 0 heterocycles. The Hall–Kier alpha value is -3.33. The molecule has 0 unspecified atom stereocenters. The van der Waals surface area contributed by atoms with Crippen molar-refractivity contribution in [1.29, 1.82) is 0 Å². The van der Waals surface area contributed by atoms with E-state index in [2.05, 4.69) is 64.4 Å². The number of allylic oxidation sites excluding steroid dienone is 1. The predicted octanol–water partition coefficient (Wildman–Crippen LogP) is 6.16. The van der Waals surface area contributed by atoms with E-state index >= 15 is 0 Å². The molecule has 0 saturated heterocycles. The largest absolute Gasteiger partial charge is 0.378 e. The summed E-state index contributed by atoms with van der Waals surface area (Å²) in [5.41, 5.74) is 6.57. The molecule has 0 radical (unpaired) electrons. The Labute approximate surface area is 186 Å². The molecule has 31 heavy (non-hydrogen) atoms. The van der Waals surface area contributed by atoms with Crippen molar-refractivity contribution in [3.63, 3.8) is 0 Å². The Morgan fingerprint density at radius 1 is 0.710 bits per heavy atom. The molecular formula is C28H32N2O. The minimum Gasteiger partial charge on any atom is -0.378 e. The molecule has 0 aromatic heterocycles. The van der Waals surface area contributed by atoms with Crippen LogP contribution < -0.4 is 9.80 Å². The molecule has 0 aliphatic rings. The molecule has 3 aromatic rings. The van der Waals surface area contributed by atoms with Crippen molar-refractivity contribution in [2.24, 2.45) is 5.92 Å². The zero-order chi connectivity index (χ0) is 22.4. The standard InChI is InChI=1S/C28H32N2O/c1-21(28(31)24-9-7-6-8-10-24)11-20-27(22-12-16-25(17-13-22)29(2)3)23-14-18-26(19-15-23)30(4)5/h6-10,12-21H,11H2,1-5H3/t21-/m0/s1. The Bertz CT molecular complexity index is 963. The van der Waals surface area contributed by atoms with E-state index < -0.39 is 0 Å². The maximum absolute atomic E-state index is 12.8. The lowest BCUT2D eigenvalue weighted by Gasteiger charge is -2.17. The summed E-state index contributed by atoms with van der Waals surface area (Å²) in [5.74, 6) is 0.0987. The number of anilines is 2. The first-order valence-electron chi connectivity index (χ1n) is 10.7. The third kappa shape index (κ3) is 5.64. The van der Waals surface area contributed by atoms with Gasteiger partial charge in [-0.05, 0) is 47.4 Å². The van der Waals surface area contributed by atoms with Crippen LogP contribution in [-0.2, 0) is 0 Å². The van der Waals surface area contributed by atoms with Crippen LogP contribution in [0.15, 0.2) is 84.9 Å². The molecule has 0 spiro atoms. The minimum absolute atomic E-state index is 0.0838. The van der Waals surface area contributed by atoms with Crippen molar-refractivity contribution < 1.29 is 4.79 Å². The fourth-order valence-electron chi connectivity index (χ4n) is 3.57. The number of hydrogen-bond donors (Lipinski definition) is 0. The van der Waals surface area contributed by atoms with Crippen LogP contribution in [-0.4, -0.2) is 34.0 Å². The molecule has 0 amide bonds. The number of Topliss-reactive ketones (excluding diaryl/α,β-unsaturated/α-hetero) is 1. The van der Waals surface area contributed by atoms with E-state index in [4.69, 9.17) is 0 Å². The highest BCUT2D eigenvalue weighted by Crippen LogP contribution is 2.28. The lowest BCUT2D eigenvalue weighted by molar-refractivity contribution is 0.0931. The van der Waals surface area contributed by atoms with E-state index in [-0.39, 0.29) is 11.7 Å². The molecule has 3 rings (SSSR count). The number of ketones is 1. The van der Waals surface area contributed by atoms with Crippen molar-refractivity contribution >= 4 is 22.7 Å². The van der Waals surface area contributed by atoms with Crippen LogP contribution in [0.1, 0.15) is 34.8 Å². The van der Waals surface area contributed by atoms with Crippen LogP contribution in [0.25, 0.3) is 5.57 Å². The maximum atomic E-state index is 12.8. The predicted molar refractivity (Wildman–Crippen MR) is 133 cm³/mol. The highest BCUT2D eigenvalue weighted by Gasteiger charge is 2.15. The van der Waals surface area contributed by atoms with E-state index in [1.54, 1.807) is 0 Å². The summed E-state index contributed by atoms with van der Waals surface area (Å²) in [5, 5.41) is 0. The van der Waals surface area contributed by atoms with Crippen LogP contribution in [0.4, 0.5) is 11.4 Å². The van der Waals surface area contributed by atoms with Gasteiger partial charge in [-0.1, -0.05) is 67.6 Å². The molecule has 3 aromatic carbocycles.